The first-order valence-corrected chi connectivity index (χ1v) is 5.83. The van der Waals surface area contributed by atoms with E-state index >= 15 is 0 Å². The fourth-order valence-electron chi connectivity index (χ4n) is 1.77. The molecule has 5 heteroatoms. The Morgan fingerprint density at radius 3 is 2.57 bits per heavy atom. The molecule has 0 unspecified atom stereocenters. The summed E-state index contributed by atoms with van der Waals surface area (Å²) in [6.45, 7) is 0.416. The van der Waals surface area contributed by atoms with Crippen LogP contribution in [0.5, 0.6) is 0 Å². The van der Waals surface area contributed by atoms with Crippen molar-refractivity contribution in [3.05, 3.63) is 0 Å². The van der Waals surface area contributed by atoms with Crippen molar-refractivity contribution in [1.29, 1.82) is 0 Å². The highest BCUT2D eigenvalue weighted by Gasteiger charge is 2.34. The van der Waals surface area contributed by atoms with Crippen molar-refractivity contribution in [3.8, 4) is 0 Å². The zero-order chi connectivity index (χ0) is 10.4. The van der Waals surface area contributed by atoms with E-state index in [1.807, 2.05) is 0 Å². The summed E-state index contributed by atoms with van der Waals surface area (Å²) in [4.78, 5) is 21.6. The first-order chi connectivity index (χ1) is 6.72. The highest BCUT2D eigenvalue weighted by molar-refractivity contribution is 9.09. The van der Waals surface area contributed by atoms with Crippen LogP contribution in [0.15, 0.2) is 0 Å². The molecule has 1 fully saturated rings. The van der Waals surface area contributed by atoms with Crippen molar-refractivity contribution in [1.82, 2.24) is 5.32 Å². The maximum Gasteiger partial charge on any atom is 0.295 e. The topological polar surface area (TPSA) is 55.4 Å². The molecule has 0 aromatic rings. The van der Waals surface area contributed by atoms with Crippen LogP contribution in [0.1, 0.15) is 32.1 Å². The summed E-state index contributed by atoms with van der Waals surface area (Å²) in [6.07, 6.45) is 4.52. The van der Waals surface area contributed by atoms with Crippen LogP contribution in [0.2, 0.25) is 0 Å². The van der Waals surface area contributed by atoms with Gasteiger partial charge in [0, 0.05) is 12.8 Å². The number of carbonyl (C=O) groups is 2. The minimum absolute atomic E-state index is 0.145. The van der Waals surface area contributed by atoms with Gasteiger partial charge in [-0.15, -0.1) is 0 Å². The van der Waals surface area contributed by atoms with Crippen LogP contribution in [0, 0.1) is 0 Å². The zero-order valence-corrected chi connectivity index (χ0v) is 9.51. The number of hydrogen-bond donors (Lipinski definition) is 1. The second kappa shape index (κ2) is 5.34. The number of alkyl halides is 1. The summed E-state index contributed by atoms with van der Waals surface area (Å²) < 4.78 is 5.01. The molecule has 14 heavy (non-hydrogen) atoms. The molecule has 0 radical (unpaired) electrons. The van der Waals surface area contributed by atoms with E-state index in [0.717, 1.165) is 19.3 Å². The van der Waals surface area contributed by atoms with E-state index in [4.69, 9.17) is 4.74 Å². The minimum atomic E-state index is -0.745. The molecule has 80 valence electrons. The van der Waals surface area contributed by atoms with Crippen molar-refractivity contribution in [2.75, 3.05) is 5.33 Å². The van der Waals surface area contributed by atoms with Gasteiger partial charge in [-0.2, -0.15) is 0 Å². The van der Waals surface area contributed by atoms with E-state index in [0.29, 0.717) is 19.3 Å². The van der Waals surface area contributed by atoms with Crippen LogP contribution in [0.3, 0.4) is 0 Å². The van der Waals surface area contributed by atoms with Crippen molar-refractivity contribution in [3.63, 3.8) is 0 Å². The SMILES string of the molecule is O=COC1(NC(=O)CBr)CCCCC1. The van der Waals surface area contributed by atoms with Crippen molar-refractivity contribution in [2.45, 2.75) is 37.8 Å². The van der Waals surface area contributed by atoms with Gasteiger partial charge in [0.15, 0.2) is 5.72 Å². The van der Waals surface area contributed by atoms with Gasteiger partial charge in [-0.25, -0.2) is 0 Å². The molecule has 0 bridgehead atoms. The molecule has 1 aliphatic rings. The molecule has 0 spiro atoms. The molecule has 1 aliphatic carbocycles. The highest BCUT2D eigenvalue weighted by Crippen LogP contribution is 2.28. The molecule has 0 aliphatic heterocycles. The lowest BCUT2D eigenvalue weighted by atomic mass is 9.91. The molecule has 0 saturated heterocycles. The number of ether oxygens (including phenoxy) is 1. The van der Waals surface area contributed by atoms with Gasteiger partial charge < -0.3 is 10.1 Å². The van der Waals surface area contributed by atoms with E-state index < -0.39 is 5.72 Å². The first-order valence-electron chi connectivity index (χ1n) is 4.71. The van der Waals surface area contributed by atoms with Crippen LogP contribution >= 0.6 is 15.9 Å². The van der Waals surface area contributed by atoms with Crippen molar-refractivity contribution >= 4 is 28.3 Å². The van der Waals surface area contributed by atoms with Crippen molar-refractivity contribution in [2.24, 2.45) is 0 Å². The Morgan fingerprint density at radius 2 is 2.07 bits per heavy atom. The number of hydrogen-bond acceptors (Lipinski definition) is 3. The number of nitrogens with one attached hydrogen (secondary N) is 1. The fraction of sp³-hybridized carbons (Fsp3) is 0.778. The number of rotatable bonds is 4. The van der Waals surface area contributed by atoms with Crippen molar-refractivity contribution < 1.29 is 14.3 Å². The third-order valence-corrected chi connectivity index (χ3v) is 2.93. The van der Waals surface area contributed by atoms with Crippen LogP contribution in [-0.4, -0.2) is 23.4 Å². The molecule has 1 saturated carbocycles. The van der Waals surface area contributed by atoms with Crippen LogP contribution < -0.4 is 5.32 Å². The van der Waals surface area contributed by atoms with Gasteiger partial charge in [0.05, 0.1) is 5.33 Å². The summed E-state index contributed by atoms with van der Waals surface area (Å²) in [5.41, 5.74) is -0.745. The maximum atomic E-state index is 11.2. The summed E-state index contributed by atoms with van der Waals surface area (Å²) >= 11 is 3.06. The summed E-state index contributed by atoms with van der Waals surface area (Å²) in [5, 5.41) is 2.98. The largest absolute Gasteiger partial charge is 0.441 e. The standard InChI is InChI=1S/C9H14BrNO3/c10-6-8(13)11-9(14-7-12)4-2-1-3-5-9/h7H,1-6H2,(H,11,13). The Labute approximate surface area is 91.5 Å². The molecule has 1 amide bonds. The Morgan fingerprint density at radius 1 is 1.43 bits per heavy atom. The second-order valence-electron chi connectivity index (χ2n) is 3.45. The maximum absolute atomic E-state index is 11.2. The zero-order valence-electron chi connectivity index (χ0n) is 7.92. The molecule has 1 N–H and O–H groups in total. The fourth-order valence-corrected chi connectivity index (χ4v) is 1.91. The lowest BCUT2D eigenvalue weighted by Gasteiger charge is -2.35. The average molecular weight is 264 g/mol. The van der Waals surface area contributed by atoms with Gasteiger partial charge in [0.1, 0.15) is 0 Å². The molecular formula is C9H14BrNO3. The van der Waals surface area contributed by atoms with E-state index in [1.54, 1.807) is 0 Å². The normalized spacial score (nSPS) is 19.8. The van der Waals surface area contributed by atoms with Crippen LogP contribution in [0.25, 0.3) is 0 Å². The molecular weight excluding hydrogens is 250 g/mol. The second-order valence-corrected chi connectivity index (χ2v) is 4.01. The molecule has 0 aromatic carbocycles. The van der Waals surface area contributed by atoms with Gasteiger partial charge in [-0.05, 0) is 12.8 Å². The number of halogens is 1. The first kappa shape index (κ1) is 11.5. The number of amides is 1. The van der Waals surface area contributed by atoms with E-state index in [2.05, 4.69) is 21.2 Å². The van der Waals surface area contributed by atoms with E-state index in [1.165, 1.54) is 0 Å². The quantitative estimate of drug-likeness (QED) is 0.473. The van der Waals surface area contributed by atoms with Gasteiger partial charge in [-0.3, -0.25) is 9.59 Å². The Kier molecular flexibility index (Phi) is 4.38. The van der Waals surface area contributed by atoms with E-state index in [-0.39, 0.29) is 11.2 Å². The van der Waals surface area contributed by atoms with Crippen LogP contribution in [0.4, 0.5) is 0 Å². The smallest absolute Gasteiger partial charge is 0.295 e. The predicted molar refractivity (Wildman–Crippen MR) is 54.9 cm³/mol. The Hall–Kier alpha value is -0.580. The summed E-state index contributed by atoms with van der Waals surface area (Å²) in [5.74, 6) is -0.145. The molecule has 0 aromatic heterocycles. The summed E-state index contributed by atoms with van der Waals surface area (Å²) in [7, 11) is 0. The minimum Gasteiger partial charge on any atom is -0.441 e. The van der Waals surface area contributed by atoms with Gasteiger partial charge >= 0.3 is 0 Å². The average Bonchev–Trinajstić information content (AvgIpc) is 2.19. The monoisotopic (exact) mass is 263 g/mol. The molecule has 4 nitrogen and oxygen atoms in total. The molecule has 0 heterocycles. The lowest BCUT2D eigenvalue weighted by molar-refractivity contribution is -0.155. The van der Waals surface area contributed by atoms with E-state index in [9.17, 15) is 9.59 Å². The van der Waals surface area contributed by atoms with Gasteiger partial charge in [0.25, 0.3) is 6.47 Å². The third kappa shape index (κ3) is 2.97. The highest BCUT2D eigenvalue weighted by atomic mass is 79.9. The molecule has 1 rings (SSSR count). The Balaban J connectivity index is 2.59. The van der Waals surface area contributed by atoms with Gasteiger partial charge in [-0.1, -0.05) is 22.4 Å². The predicted octanol–water partition coefficient (Wildman–Crippen LogP) is 1.33. The van der Waals surface area contributed by atoms with Crippen LogP contribution in [-0.2, 0) is 14.3 Å². The molecule has 0 atom stereocenters. The van der Waals surface area contributed by atoms with Gasteiger partial charge in [0.2, 0.25) is 5.91 Å². The summed E-state index contributed by atoms with van der Waals surface area (Å²) in [6, 6.07) is 0. The third-order valence-electron chi connectivity index (χ3n) is 2.42. The number of carbonyl (C=O) groups excluding carboxylic acids is 2. The lowest BCUT2D eigenvalue weighted by Crippen LogP contribution is -2.52. The Bertz CT molecular complexity index is 214.